The molecule has 16 heavy (non-hydrogen) atoms. The number of methoxy groups -OCH3 is 1. The number of phenolic OH excluding ortho intramolecular Hbond substituents is 1. The number of hydrogen-bond donors (Lipinski definition) is 3. The van der Waals surface area contributed by atoms with Gasteiger partial charge in [0.05, 0.1) is 13.2 Å². The van der Waals surface area contributed by atoms with Gasteiger partial charge in [-0.2, -0.15) is 0 Å². The molecule has 3 N–H and O–H groups in total. The van der Waals surface area contributed by atoms with Gasteiger partial charge in [0, 0.05) is 18.7 Å². The fraction of sp³-hybridized carbons (Fsp3) is 0.500. The zero-order valence-electron chi connectivity index (χ0n) is 9.90. The number of rotatable bonds is 5. The van der Waals surface area contributed by atoms with Crippen LogP contribution in [0.2, 0.25) is 0 Å². The summed E-state index contributed by atoms with van der Waals surface area (Å²) in [6.07, 6.45) is -0.650. The zero-order valence-corrected chi connectivity index (χ0v) is 9.90. The molecule has 1 unspecified atom stereocenters. The van der Waals surface area contributed by atoms with Crippen LogP contribution >= 0.6 is 0 Å². The third-order valence-electron chi connectivity index (χ3n) is 2.25. The molecule has 0 aromatic heterocycles. The van der Waals surface area contributed by atoms with Crippen molar-refractivity contribution in [2.24, 2.45) is 0 Å². The highest BCUT2D eigenvalue weighted by atomic mass is 16.5. The Morgan fingerprint density at radius 2 is 2.00 bits per heavy atom. The van der Waals surface area contributed by atoms with Crippen molar-refractivity contribution in [2.75, 3.05) is 13.7 Å². The maximum atomic E-state index is 9.88. The predicted molar refractivity (Wildman–Crippen MR) is 62.8 cm³/mol. The lowest BCUT2D eigenvalue weighted by Crippen LogP contribution is -2.27. The second-order valence-electron chi connectivity index (χ2n) is 4.04. The number of ether oxygens (including phenoxy) is 1. The van der Waals surface area contributed by atoms with Crippen molar-refractivity contribution in [1.82, 2.24) is 5.32 Å². The van der Waals surface area contributed by atoms with E-state index in [1.165, 1.54) is 19.2 Å². The fourth-order valence-electron chi connectivity index (χ4n) is 1.38. The van der Waals surface area contributed by atoms with Crippen molar-refractivity contribution in [1.29, 1.82) is 0 Å². The molecule has 0 radical (unpaired) electrons. The molecule has 4 heteroatoms. The number of aliphatic hydroxyl groups is 1. The Balaban J connectivity index is 2.74. The zero-order chi connectivity index (χ0) is 12.1. The smallest absolute Gasteiger partial charge is 0.122 e. The molecule has 0 aliphatic rings. The van der Waals surface area contributed by atoms with E-state index in [4.69, 9.17) is 4.74 Å². The highest BCUT2D eigenvalue weighted by Crippen LogP contribution is 2.25. The summed E-state index contributed by atoms with van der Waals surface area (Å²) >= 11 is 0. The molecule has 0 bridgehead atoms. The van der Waals surface area contributed by atoms with Gasteiger partial charge in [-0.05, 0) is 17.7 Å². The van der Waals surface area contributed by atoms with E-state index in [2.05, 4.69) is 5.32 Å². The Morgan fingerprint density at radius 1 is 1.31 bits per heavy atom. The standard InChI is InChI=1S/C12H19NO3/c1-8(2)13-7-12(15)9-4-10(14)6-11(5-9)16-3/h4-6,8,12-15H,7H2,1-3H3. The molecule has 0 amide bonds. The quantitative estimate of drug-likeness (QED) is 0.709. The van der Waals surface area contributed by atoms with Crippen LogP contribution < -0.4 is 10.1 Å². The topological polar surface area (TPSA) is 61.7 Å². The molecule has 0 spiro atoms. The molecule has 90 valence electrons. The first-order valence-electron chi connectivity index (χ1n) is 5.32. The van der Waals surface area contributed by atoms with Crippen LogP contribution in [-0.2, 0) is 0 Å². The van der Waals surface area contributed by atoms with Gasteiger partial charge in [-0.3, -0.25) is 0 Å². The third-order valence-corrected chi connectivity index (χ3v) is 2.25. The molecule has 0 heterocycles. The SMILES string of the molecule is COc1cc(O)cc(C(O)CNC(C)C)c1. The molecule has 0 fully saturated rings. The van der Waals surface area contributed by atoms with Crippen molar-refractivity contribution in [3.05, 3.63) is 23.8 Å². The van der Waals surface area contributed by atoms with E-state index in [9.17, 15) is 10.2 Å². The molecular formula is C12H19NO3. The predicted octanol–water partition coefficient (Wildman–Crippen LogP) is 1.43. The summed E-state index contributed by atoms with van der Waals surface area (Å²) in [6.45, 7) is 4.47. The van der Waals surface area contributed by atoms with Gasteiger partial charge in [-0.1, -0.05) is 13.8 Å². The van der Waals surface area contributed by atoms with Crippen molar-refractivity contribution >= 4 is 0 Å². The van der Waals surface area contributed by atoms with E-state index in [1.807, 2.05) is 13.8 Å². The summed E-state index contributed by atoms with van der Waals surface area (Å²) < 4.78 is 5.02. The minimum absolute atomic E-state index is 0.0953. The van der Waals surface area contributed by atoms with Crippen LogP contribution in [0, 0.1) is 0 Å². The molecule has 0 aliphatic carbocycles. The summed E-state index contributed by atoms with van der Waals surface area (Å²) in [5.74, 6) is 0.636. The first-order valence-corrected chi connectivity index (χ1v) is 5.32. The van der Waals surface area contributed by atoms with Gasteiger partial charge in [0.1, 0.15) is 11.5 Å². The number of aliphatic hydroxyl groups excluding tert-OH is 1. The second kappa shape index (κ2) is 5.72. The van der Waals surface area contributed by atoms with Gasteiger partial charge >= 0.3 is 0 Å². The number of benzene rings is 1. The summed E-state index contributed by atoms with van der Waals surface area (Å²) in [6, 6.07) is 5.07. The number of phenols is 1. The van der Waals surface area contributed by atoms with Crippen LogP contribution in [0.3, 0.4) is 0 Å². The maximum absolute atomic E-state index is 9.88. The monoisotopic (exact) mass is 225 g/mol. The lowest BCUT2D eigenvalue weighted by atomic mass is 10.1. The lowest BCUT2D eigenvalue weighted by Gasteiger charge is -2.15. The van der Waals surface area contributed by atoms with Gasteiger partial charge in [0.15, 0.2) is 0 Å². The summed E-state index contributed by atoms with van der Waals surface area (Å²) in [7, 11) is 1.53. The van der Waals surface area contributed by atoms with Gasteiger partial charge in [-0.25, -0.2) is 0 Å². The van der Waals surface area contributed by atoms with Crippen LogP contribution in [0.25, 0.3) is 0 Å². The summed E-state index contributed by atoms with van der Waals surface area (Å²) in [4.78, 5) is 0. The number of nitrogens with one attached hydrogen (secondary N) is 1. The lowest BCUT2D eigenvalue weighted by molar-refractivity contribution is 0.171. The fourth-order valence-corrected chi connectivity index (χ4v) is 1.38. The van der Waals surface area contributed by atoms with Crippen LogP contribution in [0.4, 0.5) is 0 Å². The van der Waals surface area contributed by atoms with Gasteiger partial charge < -0.3 is 20.3 Å². The van der Waals surface area contributed by atoms with E-state index in [0.29, 0.717) is 23.9 Å². The normalized spacial score (nSPS) is 12.8. The minimum atomic E-state index is -0.650. The average molecular weight is 225 g/mol. The molecule has 1 atom stereocenters. The first kappa shape index (κ1) is 12.8. The van der Waals surface area contributed by atoms with Crippen molar-refractivity contribution in [3.8, 4) is 11.5 Å². The maximum Gasteiger partial charge on any atom is 0.122 e. The van der Waals surface area contributed by atoms with Crippen LogP contribution in [-0.4, -0.2) is 29.9 Å². The van der Waals surface area contributed by atoms with Gasteiger partial charge in [-0.15, -0.1) is 0 Å². The summed E-state index contributed by atoms with van der Waals surface area (Å²) in [5, 5.41) is 22.5. The molecule has 0 saturated heterocycles. The molecule has 4 nitrogen and oxygen atoms in total. The van der Waals surface area contributed by atoms with Crippen LogP contribution in [0.1, 0.15) is 25.5 Å². The van der Waals surface area contributed by atoms with Gasteiger partial charge in [0.2, 0.25) is 0 Å². The first-order chi connectivity index (χ1) is 7.52. The van der Waals surface area contributed by atoms with Crippen molar-refractivity contribution in [2.45, 2.75) is 26.0 Å². The third kappa shape index (κ3) is 3.72. The van der Waals surface area contributed by atoms with E-state index in [1.54, 1.807) is 6.07 Å². The second-order valence-corrected chi connectivity index (χ2v) is 4.04. The minimum Gasteiger partial charge on any atom is -0.508 e. The van der Waals surface area contributed by atoms with Gasteiger partial charge in [0.25, 0.3) is 0 Å². The molecule has 1 aromatic rings. The highest BCUT2D eigenvalue weighted by molar-refractivity contribution is 5.38. The molecule has 0 aliphatic heterocycles. The Bertz CT molecular complexity index is 339. The molecular weight excluding hydrogens is 206 g/mol. The molecule has 1 aromatic carbocycles. The Morgan fingerprint density at radius 3 is 2.56 bits per heavy atom. The molecule has 1 rings (SSSR count). The van der Waals surface area contributed by atoms with E-state index >= 15 is 0 Å². The Labute approximate surface area is 95.9 Å². The Hall–Kier alpha value is -1.26. The van der Waals surface area contributed by atoms with E-state index in [0.717, 1.165) is 0 Å². The van der Waals surface area contributed by atoms with Crippen LogP contribution in [0.5, 0.6) is 11.5 Å². The number of hydrogen-bond acceptors (Lipinski definition) is 4. The largest absolute Gasteiger partial charge is 0.508 e. The molecule has 0 saturated carbocycles. The van der Waals surface area contributed by atoms with Crippen molar-refractivity contribution in [3.63, 3.8) is 0 Å². The van der Waals surface area contributed by atoms with Crippen LogP contribution in [0.15, 0.2) is 18.2 Å². The van der Waals surface area contributed by atoms with E-state index in [-0.39, 0.29) is 5.75 Å². The summed E-state index contributed by atoms with van der Waals surface area (Å²) in [5.41, 5.74) is 0.644. The van der Waals surface area contributed by atoms with E-state index < -0.39 is 6.10 Å². The highest BCUT2D eigenvalue weighted by Gasteiger charge is 2.10. The Kier molecular flexibility index (Phi) is 4.58. The van der Waals surface area contributed by atoms with Crippen molar-refractivity contribution < 1.29 is 14.9 Å². The average Bonchev–Trinajstić information content (AvgIpc) is 2.24. The number of aromatic hydroxyl groups is 1.